The van der Waals surface area contributed by atoms with Gasteiger partial charge in [0.2, 0.25) is 11.9 Å². The summed E-state index contributed by atoms with van der Waals surface area (Å²) in [6.45, 7) is 8.41. The van der Waals surface area contributed by atoms with Crippen LogP contribution in [-0.4, -0.2) is 88.2 Å². The number of aliphatic imine (C=N–C) groups is 1. The number of guanidine groups is 1. The molecule has 1 fully saturated rings. The fraction of sp³-hybridized carbons (Fsp3) is 0.591. The highest BCUT2D eigenvalue weighted by molar-refractivity contribution is 14.0. The van der Waals surface area contributed by atoms with Crippen LogP contribution < -0.4 is 10.2 Å². The SMILES string of the molecule is CN=C(NCCC(=O)N1CCN(c2ncccn2)CC1)N(C)Cc1cn(C)nc1C(C)C.I. The van der Waals surface area contributed by atoms with E-state index in [2.05, 4.69) is 55.2 Å². The summed E-state index contributed by atoms with van der Waals surface area (Å²) in [6, 6.07) is 1.81. The summed E-state index contributed by atoms with van der Waals surface area (Å²) in [4.78, 5) is 31.7. The molecular formula is C22H36IN9O. The molecule has 0 bridgehead atoms. The van der Waals surface area contributed by atoms with E-state index < -0.39 is 0 Å². The number of nitrogens with one attached hydrogen (secondary N) is 1. The Morgan fingerprint density at radius 1 is 1.21 bits per heavy atom. The number of carbonyl (C=O) groups is 1. The predicted molar refractivity (Wildman–Crippen MR) is 141 cm³/mol. The minimum Gasteiger partial charge on any atom is -0.356 e. The van der Waals surface area contributed by atoms with Crippen LogP contribution in [0.3, 0.4) is 0 Å². The molecule has 2 aromatic heterocycles. The molecule has 1 aliphatic heterocycles. The van der Waals surface area contributed by atoms with Crippen LogP contribution in [0.1, 0.15) is 37.4 Å². The van der Waals surface area contributed by atoms with E-state index >= 15 is 0 Å². The normalized spacial score (nSPS) is 14.3. The molecular weight excluding hydrogens is 533 g/mol. The Labute approximate surface area is 213 Å². The summed E-state index contributed by atoms with van der Waals surface area (Å²) in [5.74, 6) is 2.00. The minimum atomic E-state index is 0. The first-order valence-corrected chi connectivity index (χ1v) is 11.1. The number of hydrogen-bond acceptors (Lipinski definition) is 6. The molecule has 3 rings (SSSR count). The van der Waals surface area contributed by atoms with Gasteiger partial charge in [0.15, 0.2) is 5.96 Å². The van der Waals surface area contributed by atoms with Gasteiger partial charge in [-0.25, -0.2) is 9.97 Å². The highest BCUT2D eigenvalue weighted by Gasteiger charge is 2.22. The number of rotatable bonds is 7. The molecule has 1 N–H and O–H groups in total. The number of aryl methyl sites for hydroxylation is 1. The molecule has 11 heteroatoms. The predicted octanol–water partition coefficient (Wildman–Crippen LogP) is 1.70. The zero-order valence-corrected chi connectivity index (χ0v) is 22.6. The molecule has 0 unspecified atom stereocenters. The average Bonchev–Trinajstić information content (AvgIpc) is 3.17. The van der Waals surface area contributed by atoms with E-state index in [1.807, 2.05) is 29.7 Å². The Balaban J connectivity index is 0.00000385. The molecule has 0 saturated carbocycles. The van der Waals surface area contributed by atoms with Crippen molar-refractivity contribution in [2.75, 3.05) is 51.7 Å². The number of amides is 1. The number of hydrogen-bond donors (Lipinski definition) is 1. The number of anilines is 1. The Morgan fingerprint density at radius 3 is 2.48 bits per heavy atom. The molecule has 0 spiro atoms. The van der Waals surface area contributed by atoms with Crippen LogP contribution in [0.5, 0.6) is 0 Å². The first-order valence-electron chi connectivity index (χ1n) is 11.1. The van der Waals surface area contributed by atoms with Crippen LogP contribution in [-0.2, 0) is 18.4 Å². The third kappa shape index (κ3) is 7.27. The highest BCUT2D eigenvalue weighted by atomic mass is 127. The average molecular weight is 569 g/mol. The van der Waals surface area contributed by atoms with Crippen molar-refractivity contribution in [2.24, 2.45) is 12.0 Å². The van der Waals surface area contributed by atoms with Crippen molar-refractivity contribution in [2.45, 2.75) is 32.7 Å². The van der Waals surface area contributed by atoms with E-state index in [9.17, 15) is 4.79 Å². The van der Waals surface area contributed by atoms with Gasteiger partial charge in [-0.3, -0.25) is 14.5 Å². The molecule has 1 amide bonds. The molecule has 3 heterocycles. The summed E-state index contributed by atoms with van der Waals surface area (Å²) in [5, 5.41) is 7.90. The number of carbonyl (C=O) groups excluding carboxylic acids is 1. The first kappa shape index (κ1) is 26.8. The Kier molecular flexibility index (Phi) is 10.3. The fourth-order valence-corrected chi connectivity index (χ4v) is 3.93. The summed E-state index contributed by atoms with van der Waals surface area (Å²) >= 11 is 0. The Bertz CT molecular complexity index is 908. The van der Waals surface area contributed by atoms with Crippen LogP contribution in [0.2, 0.25) is 0 Å². The van der Waals surface area contributed by atoms with E-state index in [4.69, 9.17) is 0 Å². The van der Waals surface area contributed by atoms with Crippen LogP contribution >= 0.6 is 24.0 Å². The van der Waals surface area contributed by atoms with Crippen molar-refractivity contribution < 1.29 is 4.79 Å². The van der Waals surface area contributed by atoms with Crippen LogP contribution in [0.4, 0.5) is 5.95 Å². The van der Waals surface area contributed by atoms with Gasteiger partial charge in [0.25, 0.3) is 0 Å². The topological polar surface area (TPSA) is 94.8 Å². The largest absolute Gasteiger partial charge is 0.356 e. The first-order chi connectivity index (χ1) is 15.4. The number of nitrogens with zero attached hydrogens (tertiary/aromatic N) is 8. The lowest BCUT2D eigenvalue weighted by molar-refractivity contribution is -0.131. The standard InChI is InChI=1S/C22H35N9O.HI/c1-17(2)20-18(16-29(5)27-20)15-28(4)21(23-3)26-10-7-19(32)30-11-13-31(14-12-30)22-24-8-6-9-25-22;/h6,8-9,16-17H,7,10-15H2,1-5H3,(H,23,26);1H. The second-order valence-electron chi connectivity index (χ2n) is 8.36. The zero-order chi connectivity index (χ0) is 23.1. The van der Waals surface area contributed by atoms with E-state index in [-0.39, 0.29) is 29.9 Å². The zero-order valence-electron chi connectivity index (χ0n) is 20.2. The van der Waals surface area contributed by atoms with Crippen LogP contribution in [0.15, 0.2) is 29.6 Å². The lowest BCUT2D eigenvalue weighted by Crippen LogP contribution is -2.50. The lowest BCUT2D eigenvalue weighted by Gasteiger charge is -2.34. The molecule has 33 heavy (non-hydrogen) atoms. The number of halogens is 1. The van der Waals surface area contributed by atoms with Gasteiger partial charge >= 0.3 is 0 Å². The van der Waals surface area contributed by atoms with Gasteiger partial charge in [-0.1, -0.05) is 13.8 Å². The molecule has 0 radical (unpaired) electrons. The van der Waals surface area contributed by atoms with Gasteiger partial charge < -0.3 is 20.0 Å². The van der Waals surface area contributed by atoms with Crippen molar-refractivity contribution >= 4 is 41.8 Å². The lowest BCUT2D eigenvalue weighted by atomic mass is 10.1. The maximum absolute atomic E-state index is 12.7. The van der Waals surface area contributed by atoms with Gasteiger partial charge in [-0.05, 0) is 12.0 Å². The Morgan fingerprint density at radius 2 is 1.88 bits per heavy atom. The third-order valence-corrected chi connectivity index (χ3v) is 5.55. The number of piperazine rings is 1. The van der Waals surface area contributed by atoms with Crippen molar-refractivity contribution in [1.29, 1.82) is 0 Å². The second-order valence-corrected chi connectivity index (χ2v) is 8.36. The monoisotopic (exact) mass is 569 g/mol. The van der Waals surface area contributed by atoms with Crippen molar-refractivity contribution in [1.82, 2.24) is 34.9 Å². The van der Waals surface area contributed by atoms with Crippen molar-refractivity contribution in [3.8, 4) is 0 Å². The van der Waals surface area contributed by atoms with E-state index in [1.165, 1.54) is 5.56 Å². The van der Waals surface area contributed by atoms with Gasteiger partial charge in [0.05, 0.1) is 5.69 Å². The fourth-order valence-electron chi connectivity index (χ4n) is 3.93. The third-order valence-electron chi connectivity index (χ3n) is 5.55. The van der Waals surface area contributed by atoms with E-state index in [1.54, 1.807) is 19.4 Å². The van der Waals surface area contributed by atoms with E-state index in [0.717, 1.165) is 30.7 Å². The van der Waals surface area contributed by atoms with Crippen molar-refractivity contribution in [3.63, 3.8) is 0 Å². The van der Waals surface area contributed by atoms with Gasteiger partial charge in [-0.2, -0.15) is 5.10 Å². The van der Waals surface area contributed by atoms with Crippen LogP contribution in [0.25, 0.3) is 0 Å². The maximum atomic E-state index is 12.7. The quantitative estimate of drug-likeness (QED) is 0.308. The molecule has 10 nitrogen and oxygen atoms in total. The molecule has 0 aliphatic carbocycles. The minimum absolute atomic E-state index is 0. The molecule has 0 aromatic carbocycles. The van der Waals surface area contributed by atoms with Crippen LogP contribution in [0, 0.1) is 0 Å². The molecule has 0 atom stereocenters. The number of aromatic nitrogens is 4. The molecule has 182 valence electrons. The maximum Gasteiger partial charge on any atom is 0.225 e. The summed E-state index contributed by atoms with van der Waals surface area (Å²) in [6.07, 6.45) is 5.97. The summed E-state index contributed by atoms with van der Waals surface area (Å²) in [7, 11) is 5.71. The summed E-state index contributed by atoms with van der Waals surface area (Å²) < 4.78 is 1.86. The van der Waals surface area contributed by atoms with Gasteiger partial charge in [-0.15, -0.1) is 24.0 Å². The highest BCUT2D eigenvalue weighted by Crippen LogP contribution is 2.18. The smallest absolute Gasteiger partial charge is 0.225 e. The molecule has 2 aromatic rings. The van der Waals surface area contributed by atoms with Crippen molar-refractivity contribution in [3.05, 3.63) is 35.9 Å². The molecule has 1 aliphatic rings. The van der Waals surface area contributed by atoms with Gasteiger partial charge in [0, 0.05) is 91.0 Å². The molecule has 1 saturated heterocycles. The van der Waals surface area contributed by atoms with E-state index in [0.29, 0.717) is 38.5 Å². The van der Waals surface area contributed by atoms with Gasteiger partial charge in [0.1, 0.15) is 0 Å². The summed E-state index contributed by atoms with van der Waals surface area (Å²) in [5.41, 5.74) is 2.29. The second kappa shape index (κ2) is 12.7. The Hall–Kier alpha value is -2.44.